The van der Waals surface area contributed by atoms with E-state index < -0.39 is 0 Å². The number of aromatic hydroxyl groups is 1. The molecule has 88 valence electrons. The highest BCUT2D eigenvalue weighted by atomic mass is 127. The van der Waals surface area contributed by atoms with Gasteiger partial charge >= 0.3 is 5.97 Å². The number of hydrogen-bond acceptors (Lipinski definition) is 3. The van der Waals surface area contributed by atoms with Gasteiger partial charge in [-0.25, -0.2) is 0 Å². The van der Waals surface area contributed by atoms with E-state index in [1.165, 1.54) is 7.11 Å². The van der Waals surface area contributed by atoms with Gasteiger partial charge in [-0.05, 0) is 46.2 Å². The lowest BCUT2D eigenvalue weighted by atomic mass is 9.89. The second-order valence-electron chi connectivity index (χ2n) is 3.81. The molecule has 1 aromatic rings. The van der Waals surface area contributed by atoms with Gasteiger partial charge in [0.15, 0.2) is 0 Å². The first kappa shape index (κ1) is 13.3. The molecule has 1 rings (SSSR count). The van der Waals surface area contributed by atoms with Gasteiger partial charge in [-0.3, -0.25) is 4.79 Å². The monoisotopic (exact) mass is 334 g/mol. The predicted octanol–water partition coefficient (Wildman–Crippen LogP) is 2.91. The van der Waals surface area contributed by atoms with Crippen molar-refractivity contribution in [2.45, 2.75) is 19.8 Å². The van der Waals surface area contributed by atoms with Crippen molar-refractivity contribution in [1.29, 1.82) is 0 Å². The van der Waals surface area contributed by atoms with E-state index in [1.54, 1.807) is 6.07 Å². The van der Waals surface area contributed by atoms with E-state index >= 15 is 0 Å². The normalized spacial score (nSPS) is 14.2. The molecule has 1 aromatic carbocycles. The fourth-order valence-corrected chi connectivity index (χ4v) is 1.83. The predicted molar refractivity (Wildman–Crippen MR) is 70.4 cm³/mol. The number of methoxy groups -OCH3 is 1. The smallest absolute Gasteiger partial charge is 0.308 e. The van der Waals surface area contributed by atoms with E-state index in [9.17, 15) is 9.90 Å². The molecule has 0 aromatic heterocycles. The molecule has 0 aliphatic carbocycles. The number of phenolic OH excluding ortho intramolecular Hbond substituents is 1. The molecule has 4 heteroatoms. The molecule has 0 unspecified atom stereocenters. The summed E-state index contributed by atoms with van der Waals surface area (Å²) in [6.45, 7) is 3.77. The fraction of sp³-hybridized carbons (Fsp3) is 0.417. The summed E-state index contributed by atoms with van der Waals surface area (Å²) in [4.78, 5) is 11.4. The van der Waals surface area contributed by atoms with Crippen molar-refractivity contribution in [3.63, 3.8) is 0 Å². The van der Waals surface area contributed by atoms with Crippen LogP contribution in [0.5, 0.6) is 5.75 Å². The second kappa shape index (κ2) is 5.52. The Morgan fingerprint density at radius 1 is 1.44 bits per heavy atom. The lowest BCUT2D eigenvalue weighted by Crippen LogP contribution is -2.18. The number of carbonyl (C=O) groups excluding carboxylic acids is 1. The second-order valence-corrected chi connectivity index (χ2v) is 4.97. The van der Waals surface area contributed by atoms with Crippen molar-refractivity contribution >= 4 is 28.6 Å². The highest BCUT2D eigenvalue weighted by Crippen LogP contribution is 2.29. The van der Waals surface area contributed by atoms with Crippen molar-refractivity contribution in [1.82, 2.24) is 0 Å². The number of carbonyl (C=O) groups is 1. The van der Waals surface area contributed by atoms with Crippen LogP contribution in [0.4, 0.5) is 0 Å². The molecule has 0 aliphatic heterocycles. The van der Waals surface area contributed by atoms with Gasteiger partial charge in [0, 0.05) is 0 Å². The fourth-order valence-electron chi connectivity index (χ4n) is 1.49. The first-order valence-electron chi connectivity index (χ1n) is 5.03. The summed E-state index contributed by atoms with van der Waals surface area (Å²) >= 11 is 2.06. The molecule has 0 aliphatic rings. The zero-order chi connectivity index (χ0) is 12.3. The summed E-state index contributed by atoms with van der Waals surface area (Å²) in [5, 5.41) is 9.60. The van der Waals surface area contributed by atoms with Crippen LogP contribution in [0.1, 0.15) is 25.3 Å². The van der Waals surface area contributed by atoms with Crippen molar-refractivity contribution in [3.05, 3.63) is 27.3 Å². The van der Waals surface area contributed by atoms with Crippen LogP contribution in [0, 0.1) is 9.49 Å². The third kappa shape index (κ3) is 2.87. The maximum absolute atomic E-state index is 11.4. The third-order valence-electron chi connectivity index (χ3n) is 2.82. The van der Waals surface area contributed by atoms with Gasteiger partial charge in [-0.1, -0.05) is 19.9 Å². The molecule has 0 bridgehead atoms. The molecule has 0 saturated carbocycles. The van der Waals surface area contributed by atoms with Gasteiger partial charge in [-0.2, -0.15) is 0 Å². The van der Waals surface area contributed by atoms with Gasteiger partial charge in [0.05, 0.1) is 16.6 Å². The Labute approximate surface area is 109 Å². The molecule has 0 radical (unpaired) electrons. The van der Waals surface area contributed by atoms with Crippen LogP contribution in [0.2, 0.25) is 0 Å². The van der Waals surface area contributed by atoms with E-state index in [1.807, 2.05) is 26.0 Å². The maximum Gasteiger partial charge on any atom is 0.308 e. The van der Waals surface area contributed by atoms with Crippen molar-refractivity contribution in [3.8, 4) is 5.75 Å². The third-order valence-corrected chi connectivity index (χ3v) is 3.73. The van der Waals surface area contributed by atoms with Crippen molar-refractivity contribution in [2.75, 3.05) is 7.11 Å². The zero-order valence-electron chi connectivity index (χ0n) is 9.53. The van der Waals surface area contributed by atoms with Gasteiger partial charge in [0.1, 0.15) is 5.75 Å². The summed E-state index contributed by atoms with van der Waals surface area (Å²) in [7, 11) is 1.39. The summed E-state index contributed by atoms with van der Waals surface area (Å²) in [6.07, 6.45) is 0. The first-order valence-corrected chi connectivity index (χ1v) is 6.11. The zero-order valence-corrected chi connectivity index (χ0v) is 11.7. The molecule has 16 heavy (non-hydrogen) atoms. The Balaban J connectivity index is 2.91. The topological polar surface area (TPSA) is 46.5 Å². The number of esters is 1. The molecule has 0 heterocycles. The number of benzene rings is 1. The Kier molecular flexibility index (Phi) is 4.58. The molecule has 3 nitrogen and oxygen atoms in total. The molecule has 1 N–H and O–H groups in total. The van der Waals surface area contributed by atoms with Crippen LogP contribution < -0.4 is 0 Å². The maximum atomic E-state index is 11.4. The Bertz CT molecular complexity index is 390. The van der Waals surface area contributed by atoms with E-state index in [-0.39, 0.29) is 23.6 Å². The van der Waals surface area contributed by atoms with Gasteiger partial charge in [-0.15, -0.1) is 0 Å². The van der Waals surface area contributed by atoms with E-state index in [2.05, 4.69) is 22.6 Å². The molecule has 0 amide bonds. The minimum absolute atomic E-state index is 0.0235. The standard InChI is InChI=1S/C12H15IO3/c1-7(8(2)12(15)16-3)9-4-5-10(13)11(14)6-9/h4-8,14H,1-3H3/t7-,8+/m1/s1. The highest BCUT2D eigenvalue weighted by Gasteiger charge is 2.22. The molecule has 0 spiro atoms. The SMILES string of the molecule is COC(=O)[C@@H](C)[C@@H](C)c1ccc(I)c(O)c1. The molecular weight excluding hydrogens is 319 g/mol. The van der Waals surface area contributed by atoms with Gasteiger partial charge in [0.25, 0.3) is 0 Å². The van der Waals surface area contributed by atoms with E-state index in [0.29, 0.717) is 0 Å². The largest absolute Gasteiger partial charge is 0.507 e. The number of phenols is 1. The van der Waals surface area contributed by atoms with E-state index in [4.69, 9.17) is 4.74 Å². The Morgan fingerprint density at radius 3 is 2.56 bits per heavy atom. The van der Waals surface area contributed by atoms with Gasteiger partial charge in [0.2, 0.25) is 0 Å². The lowest BCUT2D eigenvalue weighted by Gasteiger charge is -2.18. The molecule has 2 atom stereocenters. The average Bonchev–Trinajstić information content (AvgIpc) is 2.29. The first-order chi connectivity index (χ1) is 7.47. The van der Waals surface area contributed by atoms with Crippen LogP contribution >= 0.6 is 22.6 Å². The minimum Gasteiger partial charge on any atom is -0.507 e. The summed E-state index contributed by atoms with van der Waals surface area (Å²) in [5.41, 5.74) is 0.941. The number of halogens is 1. The Hall–Kier alpha value is -0.780. The van der Waals surface area contributed by atoms with Crippen LogP contribution in [0.25, 0.3) is 0 Å². The van der Waals surface area contributed by atoms with Crippen LogP contribution in [0.15, 0.2) is 18.2 Å². The summed E-state index contributed by atoms with van der Waals surface area (Å²) < 4.78 is 5.51. The number of rotatable bonds is 3. The molecule has 0 fully saturated rings. The van der Waals surface area contributed by atoms with Crippen LogP contribution in [-0.2, 0) is 9.53 Å². The highest BCUT2D eigenvalue weighted by molar-refractivity contribution is 14.1. The molecular formula is C12H15IO3. The van der Waals surface area contributed by atoms with E-state index in [0.717, 1.165) is 9.13 Å². The van der Waals surface area contributed by atoms with Crippen molar-refractivity contribution < 1.29 is 14.6 Å². The number of ether oxygens (including phenoxy) is 1. The number of hydrogen-bond donors (Lipinski definition) is 1. The lowest BCUT2D eigenvalue weighted by molar-refractivity contribution is -0.145. The van der Waals surface area contributed by atoms with Crippen molar-refractivity contribution in [2.24, 2.45) is 5.92 Å². The minimum atomic E-state index is -0.231. The Morgan fingerprint density at radius 2 is 2.06 bits per heavy atom. The quantitative estimate of drug-likeness (QED) is 0.683. The summed E-state index contributed by atoms with van der Waals surface area (Å²) in [5.74, 6) is -0.174. The van der Waals surface area contributed by atoms with Gasteiger partial charge < -0.3 is 9.84 Å². The van der Waals surface area contributed by atoms with Crippen LogP contribution in [0.3, 0.4) is 0 Å². The van der Waals surface area contributed by atoms with Crippen LogP contribution in [-0.4, -0.2) is 18.2 Å². The summed E-state index contributed by atoms with van der Waals surface area (Å²) in [6, 6.07) is 5.46. The molecule has 0 saturated heterocycles. The average molecular weight is 334 g/mol.